The van der Waals surface area contributed by atoms with Gasteiger partial charge in [0.05, 0.1) is 16.2 Å². The summed E-state index contributed by atoms with van der Waals surface area (Å²) >= 11 is 0. The largest absolute Gasteiger partial charge is 0.451 e. The lowest BCUT2D eigenvalue weighted by molar-refractivity contribution is -0.384. The highest BCUT2D eigenvalue weighted by Gasteiger charge is 2.22. The van der Waals surface area contributed by atoms with Gasteiger partial charge in [-0.25, -0.2) is 0 Å². The van der Waals surface area contributed by atoms with E-state index < -0.39 is 10.8 Å². The Morgan fingerprint density at radius 3 is 2.44 bits per heavy atom. The summed E-state index contributed by atoms with van der Waals surface area (Å²) in [6, 6.07) is 16.0. The molecule has 3 aromatic rings. The number of nitrogens with one attached hydrogen (secondary N) is 1. The molecule has 1 aliphatic heterocycles. The van der Waals surface area contributed by atoms with Gasteiger partial charge in [-0.3, -0.25) is 19.7 Å². The van der Waals surface area contributed by atoms with Crippen molar-refractivity contribution in [3.63, 3.8) is 0 Å². The third-order valence-corrected chi connectivity index (χ3v) is 5.47. The zero-order chi connectivity index (χ0) is 22.5. The lowest BCUT2D eigenvalue weighted by Crippen LogP contribution is -2.32. The van der Waals surface area contributed by atoms with Crippen molar-refractivity contribution < 1.29 is 18.9 Å². The summed E-state index contributed by atoms with van der Waals surface area (Å²) in [6.07, 6.45) is 4.20. The maximum atomic E-state index is 13.1. The summed E-state index contributed by atoms with van der Waals surface area (Å²) in [5, 5.41) is 13.8. The first-order valence-electron chi connectivity index (χ1n) is 10.6. The van der Waals surface area contributed by atoms with Gasteiger partial charge in [-0.2, -0.15) is 0 Å². The van der Waals surface area contributed by atoms with Gasteiger partial charge in [0.1, 0.15) is 5.76 Å². The van der Waals surface area contributed by atoms with Crippen LogP contribution in [0, 0.1) is 10.1 Å². The monoisotopic (exact) mass is 433 g/mol. The van der Waals surface area contributed by atoms with Crippen LogP contribution in [0.4, 0.5) is 11.4 Å². The van der Waals surface area contributed by atoms with Gasteiger partial charge in [0.2, 0.25) is 0 Å². The highest BCUT2D eigenvalue weighted by atomic mass is 16.6. The highest BCUT2D eigenvalue weighted by molar-refractivity contribution is 6.08. The maximum absolute atomic E-state index is 13.1. The van der Waals surface area contributed by atoms with Crippen LogP contribution >= 0.6 is 0 Å². The second kappa shape index (κ2) is 9.47. The lowest BCUT2D eigenvalue weighted by Gasteiger charge is -2.21. The summed E-state index contributed by atoms with van der Waals surface area (Å²) in [7, 11) is 0. The molecule has 0 unspecified atom stereocenters. The van der Waals surface area contributed by atoms with Gasteiger partial charge in [0.15, 0.2) is 5.76 Å². The van der Waals surface area contributed by atoms with Gasteiger partial charge in [-0.05, 0) is 37.1 Å². The standard InChI is InChI=1S/C24H23N3O5/c28-23(22-13-12-21(32-22)17-8-7-9-18(16-17)27(30)31)25-20-11-4-3-10-19(20)24(29)26-14-5-1-2-6-15-26/h3-4,7-13,16H,1-2,5-6,14-15H2,(H,25,28). The first-order valence-corrected chi connectivity index (χ1v) is 10.6. The SMILES string of the molecule is O=C(Nc1ccccc1C(=O)N1CCCCCC1)c1ccc(-c2cccc([N+](=O)[O-])c2)o1. The number of rotatable bonds is 5. The fourth-order valence-electron chi connectivity index (χ4n) is 3.79. The predicted octanol–water partition coefficient (Wildman–Crippen LogP) is 5.12. The number of nitro benzene ring substituents is 1. The van der Waals surface area contributed by atoms with Crippen molar-refractivity contribution in [2.75, 3.05) is 18.4 Å². The summed E-state index contributed by atoms with van der Waals surface area (Å²) < 4.78 is 5.64. The van der Waals surface area contributed by atoms with E-state index in [2.05, 4.69) is 5.32 Å². The molecule has 0 spiro atoms. The fraction of sp³-hybridized carbons (Fsp3) is 0.250. The van der Waals surface area contributed by atoms with Crippen LogP contribution in [0.25, 0.3) is 11.3 Å². The molecule has 2 amide bonds. The number of amides is 2. The van der Waals surface area contributed by atoms with E-state index in [0.29, 0.717) is 35.7 Å². The molecule has 0 atom stereocenters. The van der Waals surface area contributed by atoms with Crippen LogP contribution in [0.2, 0.25) is 0 Å². The topological polar surface area (TPSA) is 106 Å². The van der Waals surface area contributed by atoms with Crippen LogP contribution in [0.1, 0.15) is 46.6 Å². The number of hydrogen-bond donors (Lipinski definition) is 1. The number of hydrogen-bond acceptors (Lipinski definition) is 5. The molecule has 1 fully saturated rings. The fourth-order valence-corrected chi connectivity index (χ4v) is 3.79. The third-order valence-electron chi connectivity index (χ3n) is 5.47. The smallest absolute Gasteiger partial charge is 0.291 e. The summed E-state index contributed by atoms with van der Waals surface area (Å²) in [4.78, 5) is 38.2. The van der Waals surface area contributed by atoms with Gasteiger partial charge in [-0.15, -0.1) is 0 Å². The van der Waals surface area contributed by atoms with Crippen molar-refractivity contribution >= 4 is 23.2 Å². The van der Waals surface area contributed by atoms with Gasteiger partial charge in [0, 0.05) is 30.8 Å². The number of furan rings is 1. The lowest BCUT2D eigenvalue weighted by atomic mass is 10.1. The van der Waals surface area contributed by atoms with E-state index in [1.807, 2.05) is 4.90 Å². The maximum Gasteiger partial charge on any atom is 0.291 e. The number of carbonyl (C=O) groups is 2. The predicted molar refractivity (Wildman–Crippen MR) is 120 cm³/mol. The van der Waals surface area contributed by atoms with Crippen LogP contribution < -0.4 is 5.32 Å². The molecule has 2 heterocycles. The Kier molecular flexibility index (Phi) is 6.30. The molecule has 1 aromatic heterocycles. The molecule has 8 nitrogen and oxygen atoms in total. The van der Waals surface area contributed by atoms with Crippen LogP contribution in [-0.2, 0) is 0 Å². The Bertz CT molecular complexity index is 1150. The minimum atomic E-state index is -0.502. The number of nitro groups is 1. The van der Waals surface area contributed by atoms with Crippen molar-refractivity contribution in [2.24, 2.45) is 0 Å². The molecule has 1 saturated heterocycles. The molecule has 2 aromatic carbocycles. The quantitative estimate of drug-likeness (QED) is 0.444. The average Bonchev–Trinajstić information content (AvgIpc) is 3.15. The second-order valence-corrected chi connectivity index (χ2v) is 7.68. The van der Waals surface area contributed by atoms with E-state index in [-0.39, 0.29) is 17.4 Å². The number of benzene rings is 2. The van der Waals surface area contributed by atoms with Crippen molar-refractivity contribution in [3.8, 4) is 11.3 Å². The molecule has 0 bridgehead atoms. The van der Waals surface area contributed by atoms with E-state index in [0.717, 1.165) is 25.7 Å². The van der Waals surface area contributed by atoms with E-state index >= 15 is 0 Å². The minimum Gasteiger partial charge on any atom is -0.451 e. The zero-order valence-electron chi connectivity index (χ0n) is 17.5. The molecule has 32 heavy (non-hydrogen) atoms. The molecule has 164 valence electrons. The molecular formula is C24H23N3O5. The van der Waals surface area contributed by atoms with Crippen molar-refractivity contribution in [3.05, 3.63) is 82.1 Å². The molecule has 8 heteroatoms. The summed E-state index contributed by atoms with van der Waals surface area (Å²) in [5.74, 6) is -0.214. The Labute approximate surface area is 185 Å². The zero-order valence-corrected chi connectivity index (χ0v) is 17.5. The third kappa shape index (κ3) is 4.69. The molecule has 0 radical (unpaired) electrons. The summed E-state index contributed by atoms with van der Waals surface area (Å²) in [5.41, 5.74) is 1.29. The molecule has 4 rings (SSSR count). The second-order valence-electron chi connectivity index (χ2n) is 7.68. The average molecular weight is 433 g/mol. The van der Waals surface area contributed by atoms with Crippen LogP contribution in [-0.4, -0.2) is 34.7 Å². The molecule has 0 aliphatic carbocycles. The van der Waals surface area contributed by atoms with Crippen molar-refractivity contribution in [1.29, 1.82) is 0 Å². The van der Waals surface area contributed by atoms with Crippen molar-refractivity contribution in [1.82, 2.24) is 4.90 Å². The Morgan fingerprint density at radius 1 is 0.938 bits per heavy atom. The first kappa shape index (κ1) is 21.3. The van der Waals surface area contributed by atoms with Gasteiger partial charge in [-0.1, -0.05) is 37.1 Å². The van der Waals surface area contributed by atoms with E-state index in [1.165, 1.54) is 18.2 Å². The molecule has 1 aliphatic rings. The van der Waals surface area contributed by atoms with Crippen molar-refractivity contribution in [2.45, 2.75) is 25.7 Å². The summed E-state index contributed by atoms with van der Waals surface area (Å²) in [6.45, 7) is 1.43. The molecule has 1 N–H and O–H groups in total. The van der Waals surface area contributed by atoms with Gasteiger partial charge >= 0.3 is 0 Å². The Morgan fingerprint density at radius 2 is 1.69 bits per heavy atom. The number of anilines is 1. The number of non-ortho nitro benzene ring substituents is 1. The first-order chi connectivity index (χ1) is 15.5. The number of likely N-dealkylation sites (tertiary alicyclic amines) is 1. The number of nitrogens with zero attached hydrogens (tertiary/aromatic N) is 2. The van der Waals surface area contributed by atoms with E-state index in [9.17, 15) is 19.7 Å². The molecule has 0 saturated carbocycles. The highest BCUT2D eigenvalue weighted by Crippen LogP contribution is 2.27. The Balaban J connectivity index is 1.52. The van der Waals surface area contributed by atoms with E-state index in [4.69, 9.17) is 4.42 Å². The molecular weight excluding hydrogens is 410 g/mol. The normalized spacial score (nSPS) is 13.9. The minimum absolute atomic E-state index is 0.0449. The van der Waals surface area contributed by atoms with Crippen LogP contribution in [0.15, 0.2) is 65.1 Å². The Hall–Kier alpha value is -3.94. The van der Waals surface area contributed by atoms with Gasteiger partial charge < -0.3 is 14.6 Å². The number of carbonyl (C=O) groups excluding carboxylic acids is 2. The number of para-hydroxylation sites is 1. The van der Waals surface area contributed by atoms with Crippen LogP contribution in [0.5, 0.6) is 0 Å². The van der Waals surface area contributed by atoms with Crippen LogP contribution in [0.3, 0.4) is 0 Å². The van der Waals surface area contributed by atoms with E-state index in [1.54, 1.807) is 42.5 Å². The van der Waals surface area contributed by atoms with Gasteiger partial charge in [0.25, 0.3) is 17.5 Å².